The normalized spacial score (nSPS) is 11.8. The maximum atomic E-state index is 12.9. The van der Waals surface area contributed by atoms with Crippen LogP contribution in [0.1, 0.15) is 20.8 Å². The summed E-state index contributed by atoms with van der Waals surface area (Å²) in [5.41, 5.74) is 0. The van der Waals surface area contributed by atoms with E-state index in [1.165, 1.54) is 13.8 Å². The Balaban J connectivity index is 4.18. The predicted molar refractivity (Wildman–Crippen MR) is 40.6 cm³/mol. The molecule has 0 radical (unpaired) electrons. The van der Waals surface area contributed by atoms with Crippen molar-refractivity contribution in [3.63, 3.8) is 0 Å². The Hall–Kier alpha value is -0.600. The Labute approximate surface area is 66.0 Å². The molecule has 0 atom stereocenters. The molecular formula is C8H14F2O. The lowest BCUT2D eigenvalue weighted by atomic mass is 10.1. The van der Waals surface area contributed by atoms with Gasteiger partial charge in [-0.1, -0.05) is 20.4 Å². The molecule has 0 heterocycles. The Bertz CT molecular complexity index is 141. The highest BCUT2D eigenvalue weighted by atomic mass is 19.3. The molecule has 0 aromatic heterocycles. The van der Waals surface area contributed by atoms with E-state index in [1.807, 2.05) is 0 Å². The van der Waals surface area contributed by atoms with Gasteiger partial charge in [-0.3, -0.25) is 0 Å². The molecule has 0 aliphatic rings. The van der Waals surface area contributed by atoms with E-state index < -0.39 is 17.6 Å². The molecule has 0 unspecified atom stereocenters. The topological polar surface area (TPSA) is 9.23 Å². The van der Waals surface area contributed by atoms with Crippen LogP contribution in [0.5, 0.6) is 0 Å². The second-order valence-corrected chi connectivity index (χ2v) is 2.63. The predicted octanol–water partition coefficient (Wildman–Crippen LogP) is 2.83. The van der Waals surface area contributed by atoms with E-state index in [2.05, 4.69) is 11.3 Å². The van der Waals surface area contributed by atoms with Gasteiger partial charge in [0.05, 0.1) is 6.61 Å². The summed E-state index contributed by atoms with van der Waals surface area (Å²) >= 11 is 0. The van der Waals surface area contributed by atoms with Gasteiger partial charge in [0.25, 0.3) is 0 Å². The molecule has 0 aromatic carbocycles. The van der Waals surface area contributed by atoms with Crippen LogP contribution in [0.25, 0.3) is 0 Å². The van der Waals surface area contributed by atoms with Crippen LogP contribution < -0.4 is 0 Å². The minimum atomic E-state index is -2.91. The van der Waals surface area contributed by atoms with Crippen molar-refractivity contribution >= 4 is 0 Å². The van der Waals surface area contributed by atoms with Gasteiger partial charge in [0, 0.05) is 5.92 Å². The first-order valence-corrected chi connectivity index (χ1v) is 3.62. The van der Waals surface area contributed by atoms with Crippen molar-refractivity contribution in [1.29, 1.82) is 0 Å². The van der Waals surface area contributed by atoms with Crippen LogP contribution in [0.3, 0.4) is 0 Å². The van der Waals surface area contributed by atoms with Crippen molar-refractivity contribution in [3.05, 3.63) is 12.3 Å². The Morgan fingerprint density at radius 3 is 2.27 bits per heavy atom. The first-order chi connectivity index (χ1) is 4.92. The zero-order valence-corrected chi connectivity index (χ0v) is 7.16. The van der Waals surface area contributed by atoms with Gasteiger partial charge in [0.15, 0.2) is 5.76 Å². The maximum absolute atomic E-state index is 12.9. The quantitative estimate of drug-likeness (QED) is 0.580. The molecule has 0 bridgehead atoms. The highest BCUT2D eigenvalue weighted by Crippen LogP contribution is 2.31. The molecule has 66 valence electrons. The number of rotatable bonds is 4. The lowest BCUT2D eigenvalue weighted by molar-refractivity contribution is -0.0559. The van der Waals surface area contributed by atoms with Gasteiger partial charge in [-0.05, 0) is 6.92 Å². The summed E-state index contributed by atoms with van der Waals surface area (Å²) in [6.45, 7) is 7.93. The Morgan fingerprint density at radius 1 is 1.55 bits per heavy atom. The smallest absolute Gasteiger partial charge is 0.305 e. The zero-order chi connectivity index (χ0) is 9.07. The molecule has 11 heavy (non-hydrogen) atoms. The average Bonchev–Trinajstić information content (AvgIpc) is 1.88. The number of hydrogen-bond acceptors (Lipinski definition) is 1. The van der Waals surface area contributed by atoms with Crippen LogP contribution in [0.2, 0.25) is 0 Å². The van der Waals surface area contributed by atoms with E-state index >= 15 is 0 Å². The molecule has 0 aromatic rings. The van der Waals surface area contributed by atoms with Crippen LogP contribution in [0.4, 0.5) is 8.78 Å². The van der Waals surface area contributed by atoms with Gasteiger partial charge in [0.1, 0.15) is 0 Å². The maximum Gasteiger partial charge on any atom is 0.305 e. The number of hydrogen-bond donors (Lipinski definition) is 0. The van der Waals surface area contributed by atoms with E-state index in [1.54, 1.807) is 6.92 Å². The average molecular weight is 164 g/mol. The standard InChI is InChI=1S/C8H14F2O/c1-5-11-7(4)8(9,10)6(2)3/h6H,4-5H2,1-3H3. The van der Waals surface area contributed by atoms with E-state index in [-0.39, 0.29) is 6.61 Å². The summed E-state index contributed by atoms with van der Waals surface area (Å²) in [5.74, 6) is -4.10. The fourth-order valence-corrected chi connectivity index (χ4v) is 0.592. The summed E-state index contributed by atoms with van der Waals surface area (Å²) in [7, 11) is 0. The number of allylic oxidation sites excluding steroid dienone is 1. The van der Waals surface area contributed by atoms with Crippen LogP contribution in [0, 0.1) is 5.92 Å². The Morgan fingerprint density at radius 2 is 2.00 bits per heavy atom. The lowest BCUT2D eigenvalue weighted by Gasteiger charge is -2.22. The fraction of sp³-hybridized carbons (Fsp3) is 0.750. The molecule has 0 saturated carbocycles. The van der Waals surface area contributed by atoms with E-state index in [0.29, 0.717) is 0 Å². The summed E-state index contributed by atoms with van der Waals surface area (Å²) in [6.07, 6.45) is 0. The van der Waals surface area contributed by atoms with E-state index in [9.17, 15) is 8.78 Å². The number of halogens is 2. The summed E-state index contributed by atoms with van der Waals surface area (Å²) in [5, 5.41) is 0. The second kappa shape index (κ2) is 3.69. The molecule has 0 aliphatic heterocycles. The molecule has 0 rings (SSSR count). The first-order valence-electron chi connectivity index (χ1n) is 3.62. The molecule has 0 amide bonds. The SMILES string of the molecule is C=C(OCC)C(F)(F)C(C)C. The third-order valence-electron chi connectivity index (χ3n) is 1.42. The van der Waals surface area contributed by atoms with Gasteiger partial charge in [-0.15, -0.1) is 0 Å². The second-order valence-electron chi connectivity index (χ2n) is 2.63. The number of alkyl halides is 2. The van der Waals surface area contributed by atoms with Gasteiger partial charge < -0.3 is 4.74 Å². The first kappa shape index (κ1) is 10.4. The molecule has 0 aliphatic carbocycles. The fourth-order valence-electron chi connectivity index (χ4n) is 0.592. The summed E-state index contributed by atoms with van der Waals surface area (Å²) < 4.78 is 30.4. The van der Waals surface area contributed by atoms with Crippen molar-refractivity contribution < 1.29 is 13.5 Å². The molecule has 0 spiro atoms. The van der Waals surface area contributed by atoms with Gasteiger partial charge in [-0.2, -0.15) is 8.78 Å². The molecule has 0 fully saturated rings. The lowest BCUT2D eigenvalue weighted by Crippen LogP contribution is -2.27. The van der Waals surface area contributed by atoms with Crippen LogP contribution in [0.15, 0.2) is 12.3 Å². The van der Waals surface area contributed by atoms with E-state index in [4.69, 9.17) is 0 Å². The minimum Gasteiger partial charge on any atom is -0.492 e. The summed E-state index contributed by atoms with van der Waals surface area (Å²) in [6, 6.07) is 0. The number of ether oxygens (including phenoxy) is 1. The van der Waals surface area contributed by atoms with Crippen molar-refractivity contribution in [3.8, 4) is 0 Å². The van der Waals surface area contributed by atoms with Crippen molar-refractivity contribution in [1.82, 2.24) is 0 Å². The Kier molecular flexibility index (Phi) is 3.49. The minimum absolute atomic E-state index is 0.237. The van der Waals surface area contributed by atoms with Crippen LogP contribution in [-0.4, -0.2) is 12.5 Å². The monoisotopic (exact) mass is 164 g/mol. The largest absolute Gasteiger partial charge is 0.492 e. The third-order valence-corrected chi connectivity index (χ3v) is 1.42. The van der Waals surface area contributed by atoms with Crippen molar-refractivity contribution in [2.24, 2.45) is 5.92 Å². The molecule has 0 N–H and O–H groups in total. The van der Waals surface area contributed by atoms with Crippen LogP contribution >= 0.6 is 0 Å². The van der Waals surface area contributed by atoms with Gasteiger partial charge >= 0.3 is 5.92 Å². The molecular weight excluding hydrogens is 150 g/mol. The third kappa shape index (κ3) is 2.48. The highest BCUT2D eigenvalue weighted by molar-refractivity contribution is 5.00. The van der Waals surface area contributed by atoms with Crippen LogP contribution in [-0.2, 0) is 4.74 Å². The molecule has 3 heteroatoms. The van der Waals surface area contributed by atoms with Gasteiger partial charge in [-0.25, -0.2) is 0 Å². The zero-order valence-electron chi connectivity index (χ0n) is 7.16. The summed E-state index contributed by atoms with van der Waals surface area (Å²) in [4.78, 5) is 0. The molecule has 1 nitrogen and oxygen atoms in total. The highest BCUT2D eigenvalue weighted by Gasteiger charge is 2.38. The van der Waals surface area contributed by atoms with Crippen molar-refractivity contribution in [2.45, 2.75) is 26.7 Å². The van der Waals surface area contributed by atoms with Crippen molar-refractivity contribution in [2.75, 3.05) is 6.61 Å². The van der Waals surface area contributed by atoms with E-state index in [0.717, 1.165) is 0 Å². The molecule has 0 saturated heterocycles. The van der Waals surface area contributed by atoms with Gasteiger partial charge in [0.2, 0.25) is 0 Å².